The van der Waals surface area contributed by atoms with Crippen LogP contribution in [0.1, 0.15) is 5.56 Å². The normalized spacial score (nSPS) is 10.6. The molecule has 1 N–H and O–H groups in total. The molecule has 168 valence electrons. The molecule has 1 amide bonds. The van der Waals surface area contributed by atoms with Gasteiger partial charge in [-0.3, -0.25) is 4.79 Å². The standard InChI is InChI=1S/C25H21ClFN3O2S/c1-32-20-12-8-18(9-13-20)22-16-33-25(29-22)30(23-5-3-2-4-21(23)26)15-24(31)28-14-17-6-10-19(27)11-7-17/h2-13,16H,14-15H2,1H3,(H,28,31). The highest BCUT2D eigenvalue weighted by Gasteiger charge is 2.20. The molecule has 0 saturated heterocycles. The molecule has 0 saturated carbocycles. The van der Waals surface area contributed by atoms with Gasteiger partial charge in [0.2, 0.25) is 5.91 Å². The van der Waals surface area contributed by atoms with Crippen molar-refractivity contribution >= 4 is 39.7 Å². The zero-order chi connectivity index (χ0) is 23.2. The number of carbonyl (C=O) groups is 1. The van der Waals surface area contributed by atoms with Gasteiger partial charge in [-0.05, 0) is 54.1 Å². The fourth-order valence-corrected chi connectivity index (χ4v) is 4.30. The lowest BCUT2D eigenvalue weighted by atomic mass is 10.2. The van der Waals surface area contributed by atoms with Gasteiger partial charge in [0.25, 0.3) is 0 Å². The summed E-state index contributed by atoms with van der Waals surface area (Å²) in [7, 11) is 1.62. The highest BCUT2D eigenvalue weighted by molar-refractivity contribution is 7.14. The van der Waals surface area contributed by atoms with Crippen LogP contribution in [0.15, 0.2) is 78.2 Å². The Hall–Kier alpha value is -3.42. The summed E-state index contributed by atoms with van der Waals surface area (Å²) in [4.78, 5) is 19.3. The summed E-state index contributed by atoms with van der Waals surface area (Å²) < 4.78 is 18.3. The predicted octanol–water partition coefficient (Wildman–Crippen LogP) is 6.07. The summed E-state index contributed by atoms with van der Waals surface area (Å²) in [6.45, 7) is 0.324. The van der Waals surface area contributed by atoms with Crippen LogP contribution >= 0.6 is 22.9 Å². The number of para-hydroxylation sites is 1. The van der Waals surface area contributed by atoms with Gasteiger partial charge in [-0.1, -0.05) is 35.9 Å². The first-order chi connectivity index (χ1) is 16.0. The summed E-state index contributed by atoms with van der Waals surface area (Å²) in [5.41, 5.74) is 3.23. The second kappa shape index (κ2) is 10.5. The average Bonchev–Trinajstić information content (AvgIpc) is 3.33. The minimum Gasteiger partial charge on any atom is -0.497 e. The van der Waals surface area contributed by atoms with E-state index in [-0.39, 0.29) is 18.3 Å². The Morgan fingerprint density at radius 3 is 2.52 bits per heavy atom. The number of hydrogen-bond donors (Lipinski definition) is 1. The van der Waals surface area contributed by atoms with E-state index in [9.17, 15) is 9.18 Å². The first-order valence-corrected chi connectivity index (χ1v) is 11.4. The van der Waals surface area contributed by atoms with Crippen LogP contribution in [0.3, 0.4) is 0 Å². The number of halogens is 2. The van der Waals surface area contributed by atoms with Gasteiger partial charge in [0.1, 0.15) is 18.1 Å². The maximum atomic E-state index is 13.1. The number of benzene rings is 3. The van der Waals surface area contributed by atoms with Crippen LogP contribution in [0.5, 0.6) is 5.75 Å². The summed E-state index contributed by atoms with van der Waals surface area (Å²) in [6.07, 6.45) is 0. The van der Waals surface area contributed by atoms with E-state index in [4.69, 9.17) is 21.3 Å². The first kappa shape index (κ1) is 22.8. The number of methoxy groups -OCH3 is 1. The lowest BCUT2D eigenvalue weighted by molar-refractivity contribution is -0.119. The minimum atomic E-state index is -0.314. The summed E-state index contributed by atoms with van der Waals surface area (Å²) in [5.74, 6) is 0.247. The van der Waals surface area contributed by atoms with Gasteiger partial charge in [0.05, 0.1) is 23.5 Å². The lowest BCUT2D eigenvalue weighted by Crippen LogP contribution is -2.34. The molecule has 0 fully saturated rings. The molecule has 0 aliphatic rings. The van der Waals surface area contributed by atoms with Crippen LogP contribution < -0.4 is 15.0 Å². The van der Waals surface area contributed by atoms with Crippen molar-refractivity contribution in [1.82, 2.24) is 10.3 Å². The van der Waals surface area contributed by atoms with Gasteiger partial charge >= 0.3 is 0 Å². The first-order valence-electron chi connectivity index (χ1n) is 10.2. The molecule has 0 bridgehead atoms. The number of nitrogens with zero attached hydrogens (tertiary/aromatic N) is 2. The molecule has 0 unspecified atom stereocenters. The fraction of sp³-hybridized carbons (Fsp3) is 0.120. The number of ether oxygens (including phenoxy) is 1. The predicted molar refractivity (Wildman–Crippen MR) is 131 cm³/mol. The van der Waals surface area contributed by atoms with Crippen molar-refractivity contribution in [2.24, 2.45) is 0 Å². The monoisotopic (exact) mass is 481 g/mol. The van der Waals surface area contributed by atoms with Gasteiger partial charge < -0.3 is 15.0 Å². The van der Waals surface area contributed by atoms with E-state index in [1.54, 1.807) is 30.2 Å². The Morgan fingerprint density at radius 2 is 1.82 bits per heavy atom. The molecule has 8 heteroatoms. The van der Waals surface area contributed by atoms with E-state index in [1.807, 2.05) is 47.8 Å². The number of thiazole rings is 1. The van der Waals surface area contributed by atoms with Crippen molar-refractivity contribution in [3.8, 4) is 17.0 Å². The number of hydrogen-bond acceptors (Lipinski definition) is 5. The molecule has 4 rings (SSSR count). The van der Waals surface area contributed by atoms with Crippen molar-refractivity contribution in [3.05, 3.63) is 94.6 Å². The Bertz CT molecular complexity index is 1230. The molecule has 0 radical (unpaired) electrons. The van der Waals surface area contributed by atoms with E-state index in [0.29, 0.717) is 22.4 Å². The third kappa shape index (κ3) is 5.69. The molecule has 33 heavy (non-hydrogen) atoms. The summed E-state index contributed by atoms with van der Waals surface area (Å²) in [6, 6.07) is 21.0. The van der Waals surface area contributed by atoms with Gasteiger partial charge in [-0.15, -0.1) is 11.3 Å². The van der Waals surface area contributed by atoms with Crippen molar-refractivity contribution in [1.29, 1.82) is 0 Å². The van der Waals surface area contributed by atoms with Gasteiger partial charge in [0.15, 0.2) is 5.13 Å². The van der Waals surface area contributed by atoms with Crippen LogP contribution in [-0.2, 0) is 11.3 Å². The highest BCUT2D eigenvalue weighted by Crippen LogP contribution is 2.35. The van der Waals surface area contributed by atoms with Crippen molar-refractivity contribution in [3.63, 3.8) is 0 Å². The van der Waals surface area contributed by atoms with Crippen LogP contribution in [0, 0.1) is 5.82 Å². The highest BCUT2D eigenvalue weighted by atomic mass is 35.5. The molecule has 3 aromatic carbocycles. The second-order valence-corrected chi connectivity index (χ2v) is 8.43. The van der Waals surface area contributed by atoms with Crippen LogP contribution in [0.4, 0.5) is 15.2 Å². The van der Waals surface area contributed by atoms with Gasteiger partial charge in [0, 0.05) is 17.5 Å². The number of aromatic nitrogens is 1. The SMILES string of the molecule is COc1ccc(-c2csc(N(CC(=O)NCc3ccc(F)cc3)c3ccccc3Cl)n2)cc1. The van der Waals surface area contributed by atoms with Crippen LogP contribution in [0.25, 0.3) is 11.3 Å². The Labute approximate surface area is 200 Å². The zero-order valence-electron chi connectivity index (χ0n) is 17.8. The smallest absolute Gasteiger partial charge is 0.240 e. The number of anilines is 2. The summed E-state index contributed by atoms with van der Waals surface area (Å²) in [5, 5.41) is 5.98. The molecule has 0 aliphatic carbocycles. The molecule has 0 aliphatic heterocycles. The fourth-order valence-electron chi connectivity index (χ4n) is 3.21. The Kier molecular flexibility index (Phi) is 7.22. The molecule has 0 spiro atoms. The maximum Gasteiger partial charge on any atom is 0.240 e. The maximum absolute atomic E-state index is 13.1. The molecule has 1 heterocycles. The largest absolute Gasteiger partial charge is 0.497 e. The lowest BCUT2D eigenvalue weighted by Gasteiger charge is -2.22. The molecular formula is C25H21ClFN3O2S. The van der Waals surface area contributed by atoms with E-state index >= 15 is 0 Å². The minimum absolute atomic E-state index is 0.0283. The molecule has 0 atom stereocenters. The number of amides is 1. The van der Waals surface area contributed by atoms with Crippen molar-refractivity contribution in [2.45, 2.75) is 6.54 Å². The summed E-state index contributed by atoms with van der Waals surface area (Å²) >= 11 is 7.88. The van der Waals surface area contributed by atoms with Crippen LogP contribution in [0.2, 0.25) is 5.02 Å². The van der Waals surface area contributed by atoms with Crippen molar-refractivity contribution < 1.29 is 13.9 Å². The second-order valence-electron chi connectivity index (χ2n) is 7.18. The van der Waals surface area contributed by atoms with E-state index in [1.165, 1.54) is 23.5 Å². The molecule has 4 aromatic rings. The Balaban J connectivity index is 1.55. The molecule has 5 nitrogen and oxygen atoms in total. The zero-order valence-corrected chi connectivity index (χ0v) is 19.4. The van der Waals surface area contributed by atoms with E-state index in [2.05, 4.69) is 5.32 Å². The number of carbonyl (C=O) groups excluding carboxylic acids is 1. The quantitative estimate of drug-likeness (QED) is 0.332. The Morgan fingerprint density at radius 1 is 1.09 bits per heavy atom. The van der Waals surface area contributed by atoms with Gasteiger partial charge in [-0.25, -0.2) is 9.37 Å². The van der Waals surface area contributed by atoms with E-state index < -0.39 is 0 Å². The average molecular weight is 482 g/mol. The van der Waals surface area contributed by atoms with Crippen molar-refractivity contribution in [2.75, 3.05) is 18.6 Å². The molecule has 1 aromatic heterocycles. The third-order valence-electron chi connectivity index (χ3n) is 4.96. The van der Waals surface area contributed by atoms with E-state index in [0.717, 1.165) is 22.6 Å². The third-order valence-corrected chi connectivity index (χ3v) is 6.14. The van der Waals surface area contributed by atoms with Crippen LogP contribution in [-0.4, -0.2) is 24.5 Å². The topological polar surface area (TPSA) is 54.5 Å². The number of rotatable bonds is 8. The molecular weight excluding hydrogens is 461 g/mol. The van der Waals surface area contributed by atoms with Gasteiger partial charge in [-0.2, -0.15) is 0 Å². The number of nitrogens with one attached hydrogen (secondary N) is 1.